The summed E-state index contributed by atoms with van der Waals surface area (Å²) in [4.78, 5) is 13.5. The van der Waals surface area contributed by atoms with Gasteiger partial charge in [0, 0.05) is 17.7 Å². The third-order valence-electron chi connectivity index (χ3n) is 2.21. The van der Waals surface area contributed by atoms with Crippen LogP contribution in [0, 0.1) is 5.92 Å². The van der Waals surface area contributed by atoms with E-state index in [2.05, 4.69) is 18.1 Å². The summed E-state index contributed by atoms with van der Waals surface area (Å²) in [6, 6.07) is 0.484. The molecule has 0 saturated carbocycles. The van der Waals surface area contributed by atoms with Gasteiger partial charge in [0.2, 0.25) is 0 Å². The van der Waals surface area contributed by atoms with Crippen LogP contribution in [0.15, 0.2) is 0 Å². The molecule has 1 atom stereocenters. The van der Waals surface area contributed by atoms with Crippen molar-refractivity contribution in [1.29, 1.82) is 0 Å². The van der Waals surface area contributed by atoms with Gasteiger partial charge in [0.05, 0.1) is 6.54 Å². The molecular formula is C10H21NOS. The summed E-state index contributed by atoms with van der Waals surface area (Å²) in [7, 11) is 2.02. The van der Waals surface area contributed by atoms with E-state index in [0.717, 1.165) is 5.75 Å². The number of thioether (sulfide) groups is 1. The summed E-state index contributed by atoms with van der Waals surface area (Å²) >= 11 is 1.82. The van der Waals surface area contributed by atoms with E-state index < -0.39 is 0 Å². The van der Waals surface area contributed by atoms with Crippen molar-refractivity contribution >= 4 is 17.5 Å². The highest BCUT2D eigenvalue weighted by Gasteiger charge is 2.14. The molecule has 0 aromatic rings. The molecule has 0 spiro atoms. The second kappa shape index (κ2) is 6.44. The Balaban J connectivity index is 3.85. The molecule has 0 aromatic heterocycles. The van der Waals surface area contributed by atoms with Crippen molar-refractivity contribution < 1.29 is 4.79 Å². The highest BCUT2D eigenvalue weighted by molar-refractivity contribution is 7.98. The Labute approximate surface area is 86.1 Å². The number of carbonyl (C=O) groups is 1. The minimum atomic E-state index is 0.156. The molecule has 0 rings (SSSR count). The van der Waals surface area contributed by atoms with Crippen molar-refractivity contribution in [3.8, 4) is 0 Å². The number of hydrogen-bond acceptors (Lipinski definition) is 3. The maximum atomic E-state index is 11.4. The van der Waals surface area contributed by atoms with E-state index >= 15 is 0 Å². The van der Waals surface area contributed by atoms with Crippen LogP contribution >= 0.6 is 11.8 Å². The van der Waals surface area contributed by atoms with Crippen molar-refractivity contribution in [3.05, 3.63) is 0 Å². The second-order valence-corrected chi connectivity index (χ2v) is 4.75. The van der Waals surface area contributed by atoms with Gasteiger partial charge < -0.3 is 0 Å². The van der Waals surface area contributed by atoms with E-state index in [1.54, 1.807) is 0 Å². The van der Waals surface area contributed by atoms with E-state index in [4.69, 9.17) is 0 Å². The lowest BCUT2D eigenvalue weighted by molar-refractivity contribution is -0.123. The lowest BCUT2D eigenvalue weighted by Crippen LogP contribution is -2.36. The number of hydrogen-bond donors (Lipinski definition) is 0. The van der Waals surface area contributed by atoms with Crippen molar-refractivity contribution in [2.45, 2.75) is 26.8 Å². The van der Waals surface area contributed by atoms with Gasteiger partial charge >= 0.3 is 0 Å². The fourth-order valence-corrected chi connectivity index (χ4v) is 1.69. The molecule has 3 heteroatoms. The average Bonchev–Trinajstić information content (AvgIpc) is 2.04. The first kappa shape index (κ1) is 13.0. The molecule has 0 radical (unpaired) electrons. The van der Waals surface area contributed by atoms with Gasteiger partial charge in [-0.3, -0.25) is 9.69 Å². The Kier molecular flexibility index (Phi) is 6.43. The molecule has 0 aliphatic carbocycles. The van der Waals surface area contributed by atoms with Crippen LogP contribution in [0.2, 0.25) is 0 Å². The molecule has 78 valence electrons. The Bertz CT molecular complexity index is 159. The predicted molar refractivity (Wildman–Crippen MR) is 60.3 cm³/mol. The van der Waals surface area contributed by atoms with E-state index in [1.165, 1.54) is 0 Å². The Morgan fingerprint density at radius 1 is 1.38 bits per heavy atom. The van der Waals surface area contributed by atoms with Crippen LogP contribution in [0.4, 0.5) is 0 Å². The number of carbonyl (C=O) groups excluding carboxylic acids is 1. The molecule has 1 unspecified atom stereocenters. The summed E-state index contributed by atoms with van der Waals surface area (Å²) in [5.41, 5.74) is 0. The van der Waals surface area contributed by atoms with Gasteiger partial charge in [0.1, 0.15) is 5.78 Å². The Morgan fingerprint density at radius 3 is 2.31 bits per heavy atom. The third-order valence-corrected chi connectivity index (χ3v) is 3.03. The zero-order valence-electron chi connectivity index (χ0n) is 9.33. The van der Waals surface area contributed by atoms with Crippen molar-refractivity contribution in [1.82, 2.24) is 4.90 Å². The van der Waals surface area contributed by atoms with E-state index in [-0.39, 0.29) is 5.92 Å². The quantitative estimate of drug-likeness (QED) is 0.657. The molecule has 0 saturated heterocycles. The monoisotopic (exact) mass is 203 g/mol. The van der Waals surface area contributed by atoms with E-state index in [0.29, 0.717) is 18.4 Å². The summed E-state index contributed by atoms with van der Waals surface area (Å²) in [5.74, 6) is 1.57. The lowest BCUT2D eigenvalue weighted by atomic mass is 10.1. The highest BCUT2D eigenvalue weighted by atomic mass is 32.2. The zero-order valence-corrected chi connectivity index (χ0v) is 10.1. The predicted octanol–water partition coefficient (Wildman–Crippen LogP) is 1.89. The molecule has 0 aliphatic heterocycles. The highest BCUT2D eigenvalue weighted by Crippen LogP contribution is 2.05. The van der Waals surface area contributed by atoms with Gasteiger partial charge in [-0.05, 0) is 20.2 Å². The second-order valence-electron chi connectivity index (χ2n) is 3.84. The van der Waals surface area contributed by atoms with Crippen LogP contribution in [0.3, 0.4) is 0 Å². The minimum absolute atomic E-state index is 0.156. The third kappa shape index (κ3) is 5.32. The normalized spacial score (nSPS) is 13.8. The fourth-order valence-electron chi connectivity index (χ4n) is 0.953. The molecule has 2 nitrogen and oxygen atoms in total. The van der Waals surface area contributed by atoms with Crippen LogP contribution in [-0.4, -0.2) is 42.3 Å². The number of nitrogens with zero attached hydrogens (tertiary/aromatic N) is 1. The van der Waals surface area contributed by atoms with Crippen molar-refractivity contribution in [2.75, 3.05) is 25.6 Å². The maximum Gasteiger partial charge on any atom is 0.149 e. The van der Waals surface area contributed by atoms with Crippen LogP contribution in [0.25, 0.3) is 0 Å². The molecule has 0 amide bonds. The molecule has 0 fully saturated rings. The van der Waals surface area contributed by atoms with E-state index in [9.17, 15) is 4.79 Å². The first-order valence-corrected chi connectivity index (χ1v) is 6.10. The molecule has 13 heavy (non-hydrogen) atoms. The summed E-state index contributed by atoms with van der Waals surface area (Å²) < 4.78 is 0. The zero-order chi connectivity index (χ0) is 10.4. The maximum absolute atomic E-state index is 11.4. The summed E-state index contributed by atoms with van der Waals surface area (Å²) in [6.45, 7) is 6.65. The van der Waals surface area contributed by atoms with Gasteiger partial charge in [-0.1, -0.05) is 13.8 Å². The molecule has 0 bridgehead atoms. The van der Waals surface area contributed by atoms with Gasteiger partial charge in [-0.25, -0.2) is 0 Å². The van der Waals surface area contributed by atoms with Crippen molar-refractivity contribution in [3.63, 3.8) is 0 Å². The first-order valence-electron chi connectivity index (χ1n) is 4.71. The van der Waals surface area contributed by atoms with Crippen molar-refractivity contribution in [2.24, 2.45) is 5.92 Å². The standard InChI is InChI=1S/C10H21NOS/c1-8(2)10(12)6-11(4)9(3)7-13-5/h8-9H,6-7H2,1-5H3. The molecule has 0 aromatic carbocycles. The molecular weight excluding hydrogens is 182 g/mol. The van der Waals surface area contributed by atoms with Gasteiger partial charge in [0.25, 0.3) is 0 Å². The SMILES string of the molecule is CSCC(C)N(C)CC(=O)C(C)C. The van der Waals surface area contributed by atoms with Gasteiger partial charge in [-0.2, -0.15) is 11.8 Å². The van der Waals surface area contributed by atoms with E-state index in [1.807, 2.05) is 32.7 Å². The summed E-state index contributed by atoms with van der Waals surface area (Å²) in [6.07, 6.45) is 2.09. The average molecular weight is 203 g/mol. The largest absolute Gasteiger partial charge is 0.298 e. The van der Waals surface area contributed by atoms with Crippen LogP contribution in [-0.2, 0) is 4.79 Å². The minimum Gasteiger partial charge on any atom is -0.298 e. The molecule has 0 aliphatic rings. The Morgan fingerprint density at radius 2 is 1.92 bits per heavy atom. The number of likely N-dealkylation sites (N-methyl/N-ethyl adjacent to an activating group) is 1. The van der Waals surface area contributed by atoms with Crippen LogP contribution in [0.1, 0.15) is 20.8 Å². The Hall–Kier alpha value is -0.0200. The topological polar surface area (TPSA) is 20.3 Å². The number of rotatable bonds is 6. The number of ketones is 1. The molecule has 0 N–H and O–H groups in total. The first-order chi connectivity index (χ1) is 5.99. The van der Waals surface area contributed by atoms with Crippen LogP contribution in [0.5, 0.6) is 0 Å². The number of Topliss-reactive ketones (excluding diaryl/α,β-unsaturated/α-hetero) is 1. The fraction of sp³-hybridized carbons (Fsp3) is 0.900. The van der Waals surface area contributed by atoms with Gasteiger partial charge in [-0.15, -0.1) is 0 Å². The smallest absolute Gasteiger partial charge is 0.149 e. The van der Waals surface area contributed by atoms with Crippen LogP contribution < -0.4 is 0 Å². The lowest BCUT2D eigenvalue weighted by Gasteiger charge is -2.23. The summed E-state index contributed by atoms with van der Waals surface area (Å²) in [5, 5.41) is 0. The molecule has 0 heterocycles. The van der Waals surface area contributed by atoms with Gasteiger partial charge in [0.15, 0.2) is 0 Å².